The summed E-state index contributed by atoms with van der Waals surface area (Å²) in [6.45, 7) is 19.5. The molecule has 19 nitrogen and oxygen atoms in total. The molecule has 0 radical (unpaired) electrons. The highest BCUT2D eigenvalue weighted by Crippen LogP contribution is 2.53. The average molecular weight is 993 g/mol. The number of amides is 2. The number of hydrogen-bond acceptors (Lipinski definition) is 17. The van der Waals surface area contributed by atoms with E-state index >= 15 is 4.79 Å². The van der Waals surface area contributed by atoms with Gasteiger partial charge in [-0.25, -0.2) is 4.79 Å². The normalized spacial score (nSPS) is 31.7. The maximum absolute atomic E-state index is 15.1. The highest BCUT2D eigenvalue weighted by atomic mass is 16.7. The number of ketones is 1. The van der Waals surface area contributed by atoms with E-state index in [1.54, 1.807) is 46.8 Å². The van der Waals surface area contributed by atoms with E-state index in [1.807, 2.05) is 0 Å². The number of methoxy groups -OCH3 is 1. The molecule has 10 atom stereocenters. The van der Waals surface area contributed by atoms with Crippen LogP contribution in [0.1, 0.15) is 122 Å². The Balaban J connectivity index is 1.56. The second-order valence-electron chi connectivity index (χ2n) is 20.1. The number of likely N-dealkylation sites (tertiary alicyclic amines) is 1. The number of aliphatic hydroxyl groups excluding tert-OH is 3. The summed E-state index contributed by atoms with van der Waals surface area (Å²) in [5.41, 5.74) is -1.83. The van der Waals surface area contributed by atoms with Crippen LogP contribution >= 0.6 is 0 Å². The Morgan fingerprint density at radius 1 is 0.958 bits per heavy atom. The molecule has 6 rings (SSSR count). The number of allylic oxidation sites excluding steroid dienone is 2. The molecule has 1 spiro atoms. The van der Waals surface area contributed by atoms with E-state index in [1.165, 1.54) is 58.1 Å². The summed E-state index contributed by atoms with van der Waals surface area (Å²) in [5, 5.41) is 50.6. The molecule has 1 fully saturated rings. The van der Waals surface area contributed by atoms with E-state index in [9.17, 15) is 39.6 Å². The molecule has 4 heterocycles. The molecule has 1 aromatic carbocycles. The lowest BCUT2D eigenvalue weighted by molar-refractivity contribution is -0.160. The lowest BCUT2D eigenvalue weighted by Gasteiger charge is -2.45. The van der Waals surface area contributed by atoms with Gasteiger partial charge in [-0.05, 0) is 32.3 Å². The van der Waals surface area contributed by atoms with Gasteiger partial charge in [0.2, 0.25) is 6.79 Å². The molecular formula is C52H72N4O15. The zero-order chi connectivity index (χ0) is 52.4. The summed E-state index contributed by atoms with van der Waals surface area (Å²) in [6, 6.07) is -1.44. The predicted octanol–water partition coefficient (Wildman–Crippen LogP) is 5.97. The average Bonchev–Trinajstić information content (AvgIpc) is 3.78. The van der Waals surface area contributed by atoms with Gasteiger partial charge in [-0.15, -0.1) is 0 Å². The standard InChI is InChI=1S/C52H72N4O15/c1-13-15-35(58)67-25-68-50(65)56-41-39(54-52(56)19-21-55(22-20-52)24-26(2)3)36-37-44(61)32(9)47-38(36)48(63)51(11,71-47)69-23-18-34(66-12)29(6)46(70-33(10)57)31(8)43(60)30(7)42(59)27(4)16-14-17-28(5)49(64)53-40(41)45(37)62/h14,16-18,23,26-27,29-31,34,41-43,46,59-62H,13,15,19-22,24-25H2,1-12H3,(H,53,64)/b16-14+,23-18+,28-17-/t27-,29+,30+,31+,34-,41?,42-,43+,46+,51-/m0/s1. The highest BCUT2D eigenvalue weighted by Gasteiger charge is 2.60. The van der Waals surface area contributed by atoms with Gasteiger partial charge in [-0.3, -0.25) is 29.1 Å². The maximum atomic E-state index is 15.1. The lowest BCUT2D eigenvalue weighted by Crippen LogP contribution is -2.59. The van der Waals surface area contributed by atoms with Crippen molar-refractivity contribution >= 4 is 41.2 Å². The summed E-state index contributed by atoms with van der Waals surface area (Å²) >= 11 is 0. The number of hydrogen-bond donors (Lipinski definition) is 5. The lowest BCUT2D eigenvalue weighted by atomic mass is 9.78. The van der Waals surface area contributed by atoms with Crippen molar-refractivity contribution in [3.63, 3.8) is 0 Å². The Bertz CT molecular complexity index is 2400. The third-order valence-electron chi connectivity index (χ3n) is 14.5. The van der Waals surface area contributed by atoms with Gasteiger partial charge in [0.1, 0.15) is 35.1 Å². The molecule has 1 saturated heterocycles. The second kappa shape index (κ2) is 21.9. The number of aliphatic imine (C=N–C) groups is 1. The fourth-order valence-corrected chi connectivity index (χ4v) is 10.4. The molecule has 5 aliphatic rings. The first-order chi connectivity index (χ1) is 33.4. The number of rotatable bonds is 8. The van der Waals surface area contributed by atoms with Gasteiger partial charge in [0.25, 0.3) is 11.7 Å². The predicted molar refractivity (Wildman–Crippen MR) is 260 cm³/mol. The molecule has 1 aliphatic carbocycles. The first-order valence-electron chi connectivity index (χ1n) is 24.5. The molecule has 2 amide bonds. The number of nitrogens with one attached hydrogen (secondary N) is 1. The molecule has 5 N–H and O–H groups in total. The third-order valence-corrected chi connectivity index (χ3v) is 14.5. The molecule has 1 aromatic rings. The van der Waals surface area contributed by atoms with Crippen LogP contribution in [-0.4, -0.2) is 141 Å². The van der Waals surface area contributed by atoms with E-state index < -0.39 is 114 Å². The van der Waals surface area contributed by atoms with Gasteiger partial charge in [0, 0.05) is 100 Å². The van der Waals surface area contributed by atoms with Crippen LogP contribution in [0.2, 0.25) is 0 Å². The fraction of sp³-hybridized carbons (Fsp3) is 0.615. The summed E-state index contributed by atoms with van der Waals surface area (Å²) < 4.78 is 35.0. The maximum Gasteiger partial charge on any atom is 0.415 e. The van der Waals surface area contributed by atoms with Gasteiger partial charge in [0.15, 0.2) is 0 Å². The quantitative estimate of drug-likeness (QED) is 0.149. The van der Waals surface area contributed by atoms with Gasteiger partial charge >= 0.3 is 23.8 Å². The number of fused-ring (bicyclic) bond motifs is 1. The van der Waals surface area contributed by atoms with Gasteiger partial charge in [-0.2, -0.15) is 0 Å². The molecular weight excluding hydrogens is 921 g/mol. The molecule has 71 heavy (non-hydrogen) atoms. The van der Waals surface area contributed by atoms with E-state index in [4.69, 9.17) is 33.4 Å². The summed E-state index contributed by atoms with van der Waals surface area (Å²) in [6.07, 6.45) is 3.49. The molecule has 4 aliphatic heterocycles. The van der Waals surface area contributed by atoms with E-state index in [0.717, 1.165) is 6.54 Å². The number of nitrogens with zero attached hydrogens (tertiary/aromatic N) is 3. The number of phenols is 1. The van der Waals surface area contributed by atoms with Crippen LogP contribution in [0.15, 0.2) is 46.8 Å². The SMILES string of the molecule is CCCC(=O)OCOC(=O)N1C2C(=NC13CCN(CC(C)C)CC3)c1c3c(O)c(C)c4c1C(=O)[C@@](C)(O/C=C/[C@H](OC)[C@@H](C)[C@@H](OC(C)=O)[C@H](C)[C@H](O)[C@H](C)[C@@H](O)[C@@H](C)/C=C/C=C(/C)C(=O)NC2=C3O)O4. The fourth-order valence-electron chi connectivity index (χ4n) is 10.4. The molecule has 19 heteroatoms. The summed E-state index contributed by atoms with van der Waals surface area (Å²) in [5.74, 6) is -8.30. The van der Waals surface area contributed by atoms with Crippen molar-refractivity contribution in [3.8, 4) is 11.5 Å². The van der Waals surface area contributed by atoms with E-state index in [2.05, 4.69) is 24.1 Å². The second-order valence-corrected chi connectivity index (χ2v) is 20.1. The Hall–Kier alpha value is -5.76. The van der Waals surface area contributed by atoms with E-state index in [-0.39, 0.29) is 64.2 Å². The molecule has 390 valence electrons. The number of piperidine rings is 1. The van der Waals surface area contributed by atoms with Crippen molar-refractivity contribution in [3.05, 3.63) is 64.1 Å². The number of esters is 2. The minimum atomic E-state index is -2.10. The zero-order valence-electron chi connectivity index (χ0n) is 42.9. The van der Waals surface area contributed by atoms with Crippen molar-refractivity contribution in [2.75, 3.05) is 33.5 Å². The molecule has 4 bridgehead atoms. The summed E-state index contributed by atoms with van der Waals surface area (Å²) in [7, 11) is 1.43. The topological polar surface area (TPSA) is 253 Å². The van der Waals surface area contributed by atoms with Crippen LogP contribution in [0.3, 0.4) is 0 Å². The smallest absolute Gasteiger partial charge is 0.415 e. The van der Waals surface area contributed by atoms with Crippen LogP contribution in [0.4, 0.5) is 4.79 Å². The Morgan fingerprint density at radius 3 is 2.25 bits per heavy atom. The van der Waals surface area contributed by atoms with Gasteiger partial charge < -0.3 is 59.1 Å². The van der Waals surface area contributed by atoms with E-state index in [0.29, 0.717) is 25.4 Å². The van der Waals surface area contributed by atoms with Crippen LogP contribution in [-0.2, 0) is 38.1 Å². The third kappa shape index (κ3) is 10.7. The Morgan fingerprint density at radius 2 is 1.63 bits per heavy atom. The zero-order valence-corrected chi connectivity index (χ0v) is 42.9. The Kier molecular flexibility index (Phi) is 16.9. The van der Waals surface area contributed by atoms with Crippen LogP contribution in [0.5, 0.6) is 11.5 Å². The number of aliphatic hydroxyl groups is 3. The van der Waals surface area contributed by atoms with Crippen molar-refractivity contribution < 1.29 is 72.8 Å². The minimum Gasteiger partial charge on any atom is -0.507 e. The first kappa shape index (κ1) is 54.6. The molecule has 1 unspecified atom stereocenters. The van der Waals surface area contributed by atoms with Crippen molar-refractivity contribution in [2.45, 2.75) is 144 Å². The van der Waals surface area contributed by atoms with Gasteiger partial charge in [0.05, 0.1) is 47.1 Å². The van der Waals surface area contributed by atoms with Crippen molar-refractivity contribution in [2.24, 2.45) is 34.6 Å². The molecule has 0 saturated carbocycles. The van der Waals surface area contributed by atoms with Crippen molar-refractivity contribution in [1.29, 1.82) is 0 Å². The van der Waals surface area contributed by atoms with Crippen molar-refractivity contribution in [1.82, 2.24) is 15.1 Å². The number of carbonyl (C=O) groups is 5. The number of phenolic OH excluding ortho intramolecular Hbond substituents is 1. The number of aromatic hydroxyl groups is 1. The largest absolute Gasteiger partial charge is 0.507 e. The number of carbonyl (C=O) groups excluding carboxylic acids is 5. The minimum absolute atomic E-state index is 0.0441. The van der Waals surface area contributed by atoms with Gasteiger partial charge in [-0.1, -0.05) is 66.7 Å². The number of ether oxygens (including phenoxy) is 6. The Labute approximate surface area is 415 Å². The number of benzene rings is 1. The summed E-state index contributed by atoms with van der Waals surface area (Å²) in [4.78, 5) is 77.9. The van der Waals surface area contributed by atoms with Crippen LogP contribution < -0.4 is 10.1 Å². The molecule has 0 aromatic heterocycles. The van der Waals surface area contributed by atoms with Crippen LogP contribution in [0, 0.1) is 36.5 Å². The first-order valence-corrected chi connectivity index (χ1v) is 24.5. The number of Topliss-reactive ketones (excluding diaryl/α,β-unsaturated/α-hetero) is 1. The van der Waals surface area contributed by atoms with Crippen LogP contribution in [0.25, 0.3) is 5.76 Å². The highest BCUT2D eigenvalue weighted by molar-refractivity contribution is 6.24. The monoisotopic (exact) mass is 992 g/mol.